The number of rotatable bonds is 8. The van der Waals surface area contributed by atoms with Gasteiger partial charge in [0.25, 0.3) is 0 Å². The largest absolute Gasteiger partial charge is 1.00 e. The summed E-state index contributed by atoms with van der Waals surface area (Å²) in [7, 11) is -1.68. The van der Waals surface area contributed by atoms with Crippen molar-refractivity contribution < 1.29 is 68.8 Å². The van der Waals surface area contributed by atoms with Gasteiger partial charge in [0.2, 0.25) is 0 Å². The molecular formula is C12H27BF3KOSi. The second-order valence-electron chi connectivity index (χ2n) is 6.52. The quantitative estimate of drug-likeness (QED) is 0.493. The summed E-state index contributed by atoms with van der Waals surface area (Å²) < 4.78 is 41.8. The summed E-state index contributed by atoms with van der Waals surface area (Å²) >= 11 is 0. The summed E-state index contributed by atoms with van der Waals surface area (Å²) in [6, 6.07) is 0. The zero-order chi connectivity index (χ0) is 14.4. The van der Waals surface area contributed by atoms with E-state index in [0.29, 0.717) is 13.0 Å². The average Bonchev–Trinajstić information content (AvgIpc) is 2.12. The minimum absolute atomic E-state index is 0. The van der Waals surface area contributed by atoms with Gasteiger partial charge in [-0.1, -0.05) is 46.4 Å². The van der Waals surface area contributed by atoms with Crippen molar-refractivity contribution in [2.24, 2.45) is 0 Å². The second-order valence-corrected chi connectivity index (χ2v) is 11.3. The average molecular weight is 322 g/mol. The SMILES string of the molecule is CC(C)(C)[Si](C)(C)OCCCCCC[B-](F)(F)F.[K+]. The Kier molecular flexibility index (Phi) is 11.6. The first-order valence-corrected chi connectivity index (χ1v) is 9.71. The second kappa shape index (κ2) is 9.64. The standard InChI is InChI=1S/C12H27BF3OSi.K/c1-12(2,3)18(4,5)17-11-9-7-6-8-10-13(14,15)16;/h6-11H2,1-5H3;/q-1;+1. The van der Waals surface area contributed by atoms with Crippen molar-refractivity contribution in [3.05, 3.63) is 0 Å². The molecule has 0 aromatic rings. The van der Waals surface area contributed by atoms with E-state index in [-0.39, 0.29) is 62.8 Å². The van der Waals surface area contributed by atoms with Crippen LogP contribution in [-0.4, -0.2) is 21.9 Å². The maximum atomic E-state index is 12.0. The van der Waals surface area contributed by atoms with Crippen molar-refractivity contribution >= 4 is 15.3 Å². The van der Waals surface area contributed by atoms with Crippen LogP contribution in [0.5, 0.6) is 0 Å². The Balaban J connectivity index is 0. The van der Waals surface area contributed by atoms with E-state index in [0.717, 1.165) is 12.8 Å². The molecule has 19 heavy (non-hydrogen) atoms. The van der Waals surface area contributed by atoms with Gasteiger partial charge in [-0.15, -0.1) is 0 Å². The molecular weight excluding hydrogens is 295 g/mol. The number of hydrogen-bond acceptors (Lipinski definition) is 1. The monoisotopic (exact) mass is 322 g/mol. The van der Waals surface area contributed by atoms with Crippen molar-refractivity contribution in [1.82, 2.24) is 0 Å². The third-order valence-corrected chi connectivity index (χ3v) is 8.23. The number of halogens is 3. The molecule has 0 N–H and O–H groups in total. The fourth-order valence-corrected chi connectivity index (χ4v) is 2.46. The minimum Gasteiger partial charge on any atom is -0.449 e. The maximum Gasteiger partial charge on any atom is 1.00 e. The van der Waals surface area contributed by atoms with Crippen LogP contribution >= 0.6 is 0 Å². The van der Waals surface area contributed by atoms with Crippen molar-refractivity contribution in [2.45, 2.75) is 70.9 Å². The van der Waals surface area contributed by atoms with E-state index >= 15 is 0 Å². The normalized spacial score (nSPS) is 13.3. The summed E-state index contributed by atoms with van der Waals surface area (Å²) in [5, 5.41) is 0.200. The van der Waals surface area contributed by atoms with Crippen LogP contribution in [0, 0.1) is 0 Å². The molecule has 0 aliphatic heterocycles. The van der Waals surface area contributed by atoms with Gasteiger partial charge < -0.3 is 17.4 Å². The summed E-state index contributed by atoms with van der Waals surface area (Å²) in [6.07, 6.45) is 2.03. The predicted octanol–water partition coefficient (Wildman–Crippen LogP) is 2.42. The third-order valence-electron chi connectivity index (χ3n) is 3.69. The molecule has 0 aromatic heterocycles. The Morgan fingerprint density at radius 2 is 1.42 bits per heavy atom. The molecule has 0 aromatic carbocycles. The minimum atomic E-state index is -4.59. The molecule has 0 saturated heterocycles. The zero-order valence-corrected chi connectivity index (χ0v) is 17.5. The van der Waals surface area contributed by atoms with Crippen LogP contribution in [-0.2, 0) is 4.43 Å². The first-order valence-electron chi connectivity index (χ1n) is 6.81. The molecule has 0 aliphatic rings. The Labute approximate surface area is 160 Å². The van der Waals surface area contributed by atoms with Gasteiger partial charge in [0.15, 0.2) is 8.32 Å². The smallest absolute Gasteiger partial charge is 0.449 e. The summed E-state index contributed by atoms with van der Waals surface area (Å²) in [5.74, 6) is 0. The third kappa shape index (κ3) is 11.9. The Hall–Kier alpha value is 1.67. The van der Waals surface area contributed by atoms with Gasteiger partial charge >= 0.3 is 58.4 Å². The van der Waals surface area contributed by atoms with E-state index in [1.807, 2.05) is 0 Å². The van der Waals surface area contributed by atoms with E-state index in [1.54, 1.807) is 0 Å². The molecule has 0 saturated carbocycles. The molecule has 0 aliphatic carbocycles. The molecule has 0 spiro atoms. The van der Waals surface area contributed by atoms with Crippen LogP contribution < -0.4 is 51.4 Å². The van der Waals surface area contributed by atoms with Crippen LogP contribution in [0.4, 0.5) is 12.9 Å². The van der Waals surface area contributed by atoms with Gasteiger partial charge in [-0.25, -0.2) is 0 Å². The van der Waals surface area contributed by atoms with Crippen LogP contribution in [0.2, 0.25) is 24.5 Å². The van der Waals surface area contributed by atoms with Crippen molar-refractivity contribution in [3.63, 3.8) is 0 Å². The van der Waals surface area contributed by atoms with E-state index in [1.165, 1.54) is 0 Å². The molecule has 0 radical (unpaired) electrons. The number of hydrogen-bond donors (Lipinski definition) is 0. The Morgan fingerprint density at radius 1 is 0.947 bits per heavy atom. The molecule has 0 unspecified atom stereocenters. The van der Waals surface area contributed by atoms with E-state index in [2.05, 4.69) is 33.9 Å². The van der Waals surface area contributed by atoms with Crippen molar-refractivity contribution in [1.29, 1.82) is 0 Å². The predicted molar refractivity (Wildman–Crippen MR) is 75.5 cm³/mol. The summed E-state index contributed by atoms with van der Waals surface area (Å²) in [5.41, 5.74) is 0. The van der Waals surface area contributed by atoms with E-state index in [4.69, 9.17) is 4.43 Å². The summed E-state index contributed by atoms with van der Waals surface area (Å²) in [6.45, 7) is 7.04. The summed E-state index contributed by atoms with van der Waals surface area (Å²) in [4.78, 5) is 0. The molecule has 0 fully saturated rings. The van der Waals surface area contributed by atoms with E-state index in [9.17, 15) is 12.9 Å². The molecule has 110 valence electrons. The van der Waals surface area contributed by atoms with Crippen molar-refractivity contribution in [2.75, 3.05) is 6.61 Å². The first-order chi connectivity index (χ1) is 7.96. The van der Waals surface area contributed by atoms with Crippen LogP contribution in [0.3, 0.4) is 0 Å². The first kappa shape index (κ1) is 22.9. The maximum absolute atomic E-state index is 12.0. The van der Waals surface area contributed by atoms with Gasteiger partial charge in [-0.05, 0) is 24.6 Å². The molecule has 7 heteroatoms. The Bertz CT molecular complexity index is 242. The van der Waals surface area contributed by atoms with Crippen LogP contribution in [0.15, 0.2) is 0 Å². The molecule has 0 heterocycles. The Morgan fingerprint density at radius 3 is 1.84 bits per heavy atom. The van der Waals surface area contributed by atoms with Crippen molar-refractivity contribution in [3.8, 4) is 0 Å². The molecule has 0 atom stereocenters. The van der Waals surface area contributed by atoms with Gasteiger partial charge in [0.1, 0.15) is 0 Å². The van der Waals surface area contributed by atoms with Gasteiger partial charge in [-0.2, -0.15) is 0 Å². The number of unbranched alkanes of at least 4 members (excludes halogenated alkanes) is 3. The van der Waals surface area contributed by atoms with Crippen LogP contribution in [0.1, 0.15) is 46.5 Å². The van der Waals surface area contributed by atoms with Gasteiger partial charge in [0, 0.05) is 6.61 Å². The topological polar surface area (TPSA) is 9.23 Å². The van der Waals surface area contributed by atoms with Gasteiger partial charge in [0.05, 0.1) is 0 Å². The molecule has 0 amide bonds. The zero-order valence-electron chi connectivity index (χ0n) is 13.4. The molecule has 0 rings (SSSR count). The fourth-order valence-electron chi connectivity index (χ4n) is 1.38. The molecule has 0 bridgehead atoms. The fraction of sp³-hybridized carbons (Fsp3) is 1.00. The van der Waals surface area contributed by atoms with Crippen LogP contribution in [0.25, 0.3) is 0 Å². The van der Waals surface area contributed by atoms with Gasteiger partial charge in [-0.3, -0.25) is 0 Å². The van der Waals surface area contributed by atoms with E-state index < -0.39 is 21.6 Å². The molecule has 1 nitrogen and oxygen atoms in total.